The molecule has 0 unspecified atom stereocenters. The molecule has 1 aromatic carbocycles. The summed E-state index contributed by atoms with van der Waals surface area (Å²) in [6.45, 7) is 0. The minimum absolute atomic E-state index is 0.0120. The third-order valence-corrected chi connectivity index (χ3v) is 2.56. The van der Waals surface area contributed by atoms with Crippen LogP contribution in [0.3, 0.4) is 0 Å². The lowest BCUT2D eigenvalue weighted by Gasteiger charge is -2.07. The SMILES string of the molecule is Nc1ccc(Oc2nc[nH]c(=O)c2Cl)c(Cl)c1. The van der Waals surface area contributed by atoms with E-state index in [2.05, 4.69) is 9.97 Å². The molecule has 0 amide bonds. The number of halogens is 2. The third-order valence-electron chi connectivity index (χ3n) is 1.93. The van der Waals surface area contributed by atoms with E-state index in [1.807, 2.05) is 0 Å². The molecule has 0 aliphatic rings. The zero-order valence-electron chi connectivity index (χ0n) is 8.41. The molecule has 0 bridgehead atoms. The summed E-state index contributed by atoms with van der Waals surface area (Å²) < 4.78 is 5.33. The molecule has 1 aromatic heterocycles. The maximum atomic E-state index is 11.2. The van der Waals surface area contributed by atoms with E-state index in [4.69, 9.17) is 33.7 Å². The number of anilines is 1. The fourth-order valence-corrected chi connectivity index (χ4v) is 1.51. The van der Waals surface area contributed by atoms with Crippen LogP contribution in [0.15, 0.2) is 29.3 Å². The van der Waals surface area contributed by atoms with Crippen molar-refractivity contribution in [3.8, 4) is 11.6 Å². The quantitative estimate of drug-likeness (QED) is 0.823. The lowest BCUT2D eigenvalue weighted by molar-refractivity contribution is 0.461. The summed E-state index contributed by atoms with van der Waals surface area (Å²) in [5.74, 6) is 0.308. The van der Waals surface area contributed by atoms with Gasteiger partial charge in [-0.3, -0.25) is 4.79 Å². The van der Waals surface area contributed by atoms with Crippen LogP contribution in [0, 0.1) is 0 Å². The molecule has 7 heteroatoms. The summed E-state index contributed by atoms with van der Waals surface area (Å²) >= 11 is 11.6. The predicted octanol–water partition coefficient (Wildman–Crippen LogP) is 2.45. The number of nitrogens with one attached hydrogen (secondary N) is 1. The van der Waals surface area contributed by atoms with Gasteiger partial charge in [-0.25, -0.2) is 4.98 Å². The second-order valence-corrected chi connectivity index (χ2v) is 3.93. The van der Waals surface area contributed by atoms with Gasteiger partial charge in [0.15, 0.2) is 5.02 Å². The number of hydrogen-bond acceptors (Lipinski definition) is 4. The number of aromatic amines is 1. The van der Waals surface area contributed by atoms with Crippen molar-refractivity contribution in [1.82, 2.24) is 9.97 Å². The summed E-state index contributed by atoms with van der Waals surface area (Å²) in [4.78, 5) is 17.3. The highest BCUT2D eigenvalue weighted by Gasteiger charge is 2.10. The highest BCUT2D eigenvalue weighted by Crippen LogP contribution is 2.31. The maximum absolute atomic E-state index is 11.2. The highest BCUT2D eigenvalue weighted by molar-refractivity contribution is 6.32. The molecule has 0 aliphatic heterocycles. The number of nitrogens with zero attached hydrogens (tertiary/aromatic N) is 1. The van der Waals surface area contributed by atoms with Crippen LogP contribution in [0.5, 0.6) is 11.6 Å². The van der Waals surface area contributed by atoms with Gasteiger partial charge in [0.2, 0.25) is 5.88 Å². The Labute approximate surface area is 106 Å². The minimum atomic E-state index is -0.483. The highest BCUT2D eigenvalue weighted by atomic mass is 35.5. The third kappa shape index (κ3) is 2.51. The van der Waals surface area contributed by atoms with E-state index < -0.39 is 5.56 Å². The van der Waals surface area contributed by atoms with Crippen LogP contribution in [-0.4, -0.2) is 9.97 Å². The molecule has 5 nitrogen and oxygen atoms in total. The van der Waals surface area contributed by atoms with Gasteiger partial charge in [0.05, 0.1) is 11.3 Å². The molecule has 1 heterocycles. The lowest BCUT2D eigenvalue weighted by Crippen LogP contribution is -2.07. The molecular weight excluding hydrogens is 265 g/mol. The molecule has 88 valence electrons. The number of nitrogens with two attached hydrogens (primary N) is 1. The fourth-order valence-electron chi connectivity index (χ4n) is 1.14. The fraction of sp³-hybridized carbons (Fsp3) is 0. The van der Waals surface area contributed by atoms with Gasteiger partial charge >= 0.3 is 0 Å². The minimum Gasteiger partial charge on any atom is -0.436 e. The lowest BCUT2D eigenvalue weighted by atomic mass is 10.3. The van der Waals surface area contributed by atoms with E-state index >= 15 is 0 Å². The number of hydrogen-bond donors (Lipinski definition) is 2. The Balaban J connectivity index is 2.38. The van der Waals surface area contributed by atoms with Gasteiger partial charge in [0, 0.05) is 5.69 Å². The first kappa shape index (κ1) is 11.8. The van der Waals surface area contributed by atoms with Gasteiger partial charge in [0.25, 0.3) is 5.56 Å². The van der Waals surface area contributed by atoms with Gasteiger partial charge in [-0.2, -0.15) is 0 Å². The molecule has 0 fully saturated rings. The van der Waals surface area contributed by atoms with Gasteiger partial charge in [-0.15, -0.1) is 0 Å². The smallest absolute Gasteiger partial charge is 0.273 e. The zero-order chi connectivity index (χ0) is 12.4. The Morgan fingerprint density at radius 1 is 1.35 bits per heavy atom. The van der Waals surface area contributed by atoms with Crippen molar-refractivity contribution in [3.63, 3.8) is 0 Å². The average molecular weight is 272 g/mol. The Kier molecular flexibility index (Phi) is 3.21. The van der Waals surface area contributed by atoms with Crippen LogP contribution in [0.1, 0.15) is 0 Å². The number of ether oxygens (including phenoxy) is 1. The number of benzene rings is 1. The van der Waals surface area contributed by atoms with Crippen molar-refractivity contribution in [2.75, 3.05) is 5.73 Å². The number of aromatic nitrogens is 2. The van der Waals surface area contributed by atoms with E-state index in [1.165, 1.54) is 12.4 Å². The summed E-state index contributed by atoms with van der Waals surface area (Å²) in [5.41, 5.74) is 5.56. The molecule has 0 atom stereocenters. The van der Waals surface area contributed by atoms with Crippen molar-refractivity contribution in [2.45, 2.75) is 0 Å². The van der Waals surface area contributed by atoms with E-state index in [0.29, 0.717) is 16.5 Å². The Bertz CT molecular complexity index is 613. The average Bonchev–Trinajstić information content (AvgIpc) is 2.28. The topological polar surface area (TPSA) is 81.0 Å². The van der Waals surface area contributed by atoms with E-state index in [9.17, 15) is 4.79 Å². The monoisotopic (exact) mass is 271 g/mol. The Hall–Kier alpha value is -1.72. The molecule has 0 radical (unpaired) electrons. The van der Waals surface area contributed by atoms with Crippen LogP contribution in [0.4, 0.5) is 5.69 Å². The second kappa shape index (κ2) is 4.65. The first-order valence-electron chi connectivity index (χ1n) is 4.54. The van der Waals surface area contributed by atoms with Gasteiger partial charge in [-0.1, -0.05) is 23.2 Å². The normalized spacial score (nSPS) is 10.2. The number of nitrogen functional groups attached to an aromatic ring is 1. The molecule has 0 saturated heterocycles. The van der Waals surface area contributed by atoms with E-state index in [1.54, 1.807) is 12.1 Å². The van der Waals surface area contributed by atoms with E-state index in [-0.39, 0.29) is 10.9 Å². The zero-order valence-corrected chi connectivity index (χ0v) is 9.92. The summed E-state index contributed by atoms with van der Waals surface area (Å²) in [5, 5.41) is 0.170. The van der Waals surface area contributed by atoms with Gasteiger partial charge in [0.1, 0.15) is 5.75 Å². The first-order valence-corrected chi connectivity index (χ1v) is 5.29. The molecular formula is C10H7Cl2N3O2. The summed E-state index contributed by atoms with van der Waals surface area (Å²) in [7, 11) is 0. The Morgan fingerprint density at radius 2 is 2.12 bits per heavy atom. The molecule has 0 aliphatic carbocycles. The van der Waals surface area contributed by atoms with Crippen LogP contribution in [0.2, 0.25) is 10.0 Å². The van der Waals surface area contributed by atoms with Crippen molar-refractivity contribution in [3.05, 3.63) is 44.9 Å². The Morgan fingerprint density at radius 3 is 2.82 bits per heavy atom. The van der Waals surface area contributed by atoms with Crippen LogP contribution in [0.25, 0.3) is 0 Å². The standard InChI is InChI=1S/C10H7Cl2N3O2/c11-6-3-5(13)1-2-7(6)17-10-8(12)9(16)14-4-15-10/h1-4H,13H2,(H,14,15,16). The summed E-state index contributed by atoms with van der Waals surface area (Å²) in [6, 6.07) is 4.71. The maximum Gasteiger partial charge on any atom is 0.273 e. The van der Waals surface area contributed by atoms with Crippen molar-refractivity contribution in [2.24, 2.45) is 0 Å². The van der Waals surface area contributed by atoms with E-state index in [0.717, 1.165) is 0 Å². The van der Waals surface area contributed by atoms with Crippen molar-refractivity contribution < 1.29 is 4.74 Å². The van der Waals surface area contributed by atoms with Crippen molar-refractivity contribution >= 4 is 28.9 Å². The van der Waals surface area contributed by atoms with Crippen LogP contribution >= 0.6 is 23.2 Å². The molecule has 0 saturated carbocycles. The van der Waals surface area contributed by atoms with Crippen LogP contribution < -0.4 is 16.0 Å². The molecule has 17 heavy (non-hydrogen) atoms. The number of rotatable bonds is 2. The van der Waals surface area contributed by atoms with Crippen molar-refractivity contribution in [1.29, 1.82) is 0 Å². The van der Waals surface area contributed by atoms with Gasteiger partial charge < -0.3 is 15.5 Å². The predicted molar refractivity (Wildman–Crippen MR) is 65.8 cm³/mol. The summed E-state index contributed by atoms with van der Waals surface area (Å²) in [6.07, 6.45) is 1.19. The van der Waals surface area contributed by atoms with Crippen LogP contribution in [-0.2, 0) is 0 Å². The first-order chi connectivity index (χ1) is 8.08. The molecule has 2 aromatic rings. The largest absolute Gasteiger partial charge is 0.436 e. The molecule has 2 rings (SSSR count). The molecule has 0 spiro atoms. The molecule has 3 N–H and O–H groups in total. The second-order valence-electron chi connectivity index (χ2n) is 3.14. The van der Waals surface area contributed by atoms with Gasteiger partial charge in [-0.05, 0) is 18.2 Å². The number of H-pyrrole nitrogens is 1.